The molecule has 0 amide bonds. The zero-order valence-corrected chi connectivity index (χ0v) is 32.2. The number of aryl methyl sites for hydroxylation is 2. The summed E-state index contributed by atoms with van der Waals surface area (Å²) in [5.41, 5.74) is 3.18. The summed E-state index contributed by atoms with van der Waals surface area (Å²) in [4.78, 5) is 27.6. The summed E-state index contributed by atoms with van der Waals surface area (Å²) < 4.78 is 18.8. The number of rotatable bonds is 12. The molecule has 1 aliphatic heterocycles. The van der Waals surface area contributed by atoms with Gasteiger partial charge in [-0.1, -0.05) is 80.1 Å². The number of fused-ring (bicyclic) bond motifs is 3. The molecule has 6 atom stereocenters. The van der Waals surface area contributed by atoms with E-state index in [2.05, 4.69) is 61.5 Å². The molecule has 0 unspecified atom stereocenters. The second-order valence-corrected chi connectivity index (χ2v) is 17.0. The van der Waals surface area contributed by atoms with Crippen LogP contribution in [0.3, 0.4) is 0 Å². The minimum Gasteiger partial charge on any atom is -0.508 e. The maximum atomic E-state index is 13.8. The molecule has 276 valence electrons. The highest BCUT2D eigenvalue weighted by Gasteiger charge is 2.47. The Morgan fingerprint density at radius 3 is 1.90 bits per heavy atom. The average Bonchev–Trinajstić information content (AvgIpc) is 3.04. The van der Waals surface area contributed by atoms with Crippen LogP contribution in [0.25, 0.3) is 0 Å². The molecule has 2 aromatic carbocycles. The van der Waals surface area contributed by atoms with E-state index >= 15 is 0 Å². The number of phenolic OH excluding ortho intramolecular Hbond substituents is 1. The number of hydrogen-bond acceptors (Lipinski definition) is 6. The van der Waals surface area contributed by atoms with Gasteiger partial charge >= 0.3 is 11.9 Å². The summed E-state index contributed by atoms with van der Waals surface area (Å²) in [5, 5.41) is 11.6. The molecule has 0 saturated heterocycles. The van der Waals surface area contributed by atoms with Gasteiger partial charge in [-0.3, -0.25) is 0 Å². The molecule has 1 heterocycles. The number of carbonyl (C=O) groups excluding carboxylic acids is 2. The van der Waals surface area contributed by atoms with Gasteiger partial charge in [0.05, 0.1) is 0 Å². The third kappa shape index (κ3) is 8.70. The van der Waals surface area contributed by atoms with Crippen molar-refractivity contribution in [3.63, 3.8) is 0 Å². The summed E-state index contributed by atoms with van der Waals surface area (Å²) in [6.07, 6.45) is 14.2. The van der Waals surface area contributed by atoms with Crippen LogP contribution < -0.4 is 14.2 Å². The van der Waals surface area contributed by atoms with Gasteiger partial charge in [0, 0.05) is 17.0 Å². The van der Waals surface area contributed by atoms with Crippen molar-refractivity contribution in [1.29, 1.82) is 0 Å². The zero-order chi connectivity index (χ0) is 36.2. The molecule has 2 saturated carbocycles. The lowest BCUT2D eigenvalue weighted by molar-refractivity contribution is -0.156. The molecule has 6 nitrogen and oxygen atoms in total. The van der Waals surface area contributed by atoms with E-state index in [1.165, 1.54) is 0 Å². The average molecular weight is 689 g/mol. The van der Waals surface area contributed by atoms with Crippen LogP contribution in [0.2, 0.25) is 0 Å². The largest absolute Gasteiger partial charge is 0.508 e. The first-order valence-corrected chi connectivity index (χ1v) is 20.0. The molecule has 2 aliphatic carbocycles. The highest BCUT2D eigenvalue weighted by molar-refractivity contribution is 6.31. The monoisotopic (exact) mass is 688 g/mol. The summed E-state index contributed by atoms with van der Waals surface area (Å²) in [7, 11) is 0. The minimum atomic E-state index is -1.06. The molecule has 50 heavy (non-hydrogen) atoms. The van der Waals surface area contributed by atoms with Crippen molar-refractivity contribution < 1.29 is 28.9 Å². The van der Waals surface area contributed by atoms with E-state index in [1.807, 2.05) is 18.2 Å². The Morgan fingerprint density at radius 2 is 1.32 bits per heavy atom. The van der Waals surface area contributed by atoms with E-state index < -0.39 is 11.9 Å². The van der Waals surface area contributed by atoms with Crippen LogP contribution in [0.5, 0.6) is 23.0 Å². The van der Waals surface area contributed by atoms with Gasteiger partial charge in [0.2, 0.25) is 0 Å². The lowest BCUT2D eigenvalue weighted by Gasteiger charge is -2.49. The minimum absolute atomic E-state index is 0.0276. The molecule has 0 radical (unpaired) electrons. The lowest BCUT2D eigenvalue weighted by atomic mass is 9.64. The van der Waals surface area contributed by atoms with Crippen LogP contribution in [-0.2, 0) is 22.4 Å². The molecule has 0 spiro atoms. The third-order valence-corrected chi connectivity index (χ3v) is 12.2. The van der Waals surface area contributed by atoms with E-state index in [4.69, 9.17) is 14.2 Å². The van der Waals surface area contributed by atoms with E-state index in [0.717, 1.165) is 112 Å². The molecule has 3 aliphatic rings. The summed E-state index contributed by atoms with van der Waals surface area (Å²) >= 11 is 0. The molecule has 0 aromatic heterocycles. The summed E-state index contributed by atoms with van der Waals surface area (Å²) in [6.45, 7) is 17.7. The fourth-order valence-electron chi connectivity index (χ4n) is 9.47. The van der Waals surface area contributed by atoms with Crippen molar-refractivity contribution in [2.45, 2.75) is 163 Å². The van der Waals surface area contributed by atoms with Crippen molar-refractivity contribution in [3.05, 3.63) is 46.5 Å². The van der Waals surface area contributed by atoms with Gasteiger partial charge in [-0.05, 0) is 136 Å². The predicted molar refractivity (Wildman–Crippen MR) is 200 cm³/mol. The first-order chi connectivity index (χ1) is 23.8. The van der Waals surface area contributed by atoms with Crippen molar-refractivity contribution >= 4 is 11.9 Å². The van der Waals surface area contributed by atoms with Crippen LogP contribution in [-0.4, -0.2) is 22.6 Å². The number of ether oxygens (including phenoxy) is 3. The Bertz CT molecular complexity index is 1490. The quantitative estimate of drug-likeness (QED) is 0.103. The van der Waals surface area contributed by atoms with Gasteiger partial charge in [0.1, 0.15) is 28.6 Å². The van der Waals surface area contributed by atoms with Crippen molar-refractivity contribution in [2.24, 2.45) is 29.6 Å². The second kappa shape index (κ2) is 16.5. The number of unbranched alkanes of at least 4 members (excludes halogenated alkanes) is 4. The van der Waals surface area contributed by atoms with Crippen molar-refractivity contribution in [2.75, 3.05) is 0 Å². The van der Waals surface area contributed by atoms with E-state index in [1.54, 1.807) is 0 Å². The normalized spacial score (nSPS) is 25.7. The Hall–Kier alpha value is -3.02. The van der Waals surface area contributed by atoms with Crippen LogP contribution in [0.1, 0.15) is 167 Å². The maximum Gasteiger partial charge on any atom is 0.423 e. The molecule has 6 heteroatoms. The molecule has 2 aromatic rings. The maximum absolute atomic E-state index is 13.8. The SMILES string of the molecule is CCCCCc1cc(OC(=O)C(=O)Oc2cc(CCCCC)cc(O)c2[C@@H]2C[C@H](C)CC[C@H]2C(C)C)c2c(c1)OC(C)(C)[C@@H]1CC[C@H](C)C[C@@H]21. The first-order valence-electron chi connectivity index (χ1n) is 20.0. The van der Waals surface area contributed by atoms with Crippen LogP contribution >= 0.6 is 0 Å². The van der Waals surface area contributed by atoms with Gasteiger partial charge in [0.25, 0.3) is 0 Å². The van der Waals surface area contributed by atoms with Crippen LogP contribution in [0, 0.1) is 29.6 Å². The molecular weight excluding hydrogens is 624 g/mol. The number of esters is 2. The number of hydrogen-bond donors (Lipinski definition) is 1. The number of phenols is 1. The summed E-state index contributed by atoms with van der Waals surface area (Å²) in [5.74, 6) is 1.81. The number of aromatic hydroxyl groups is 1. The Morgan fingerprint density at radius 1 is 0.780 bits per heavy atom. The Kier molecular flexibility index (Phi) is 12.6. The molecule has 5 rings (SSSR count). The van der Waals surface area contributed by atoms with Crippen molar-refractivity contribution in [3.8, 4) is 23.0 Å². The summed E-state index contributed by atoms with van der Waals surface area (Å²) in [6, 6.07) is 7.82. The van der Waals surface area contributed by atoms with E-state index in [9.17, 15) is 14.7 Å². The van der Waals surface area contributed by atoms with Crippen molar-refractivity contribution in [1.82, 2.24) is 0 Å². The molecule has 0 bridgehead atoms. The van der Waals surface area contributed by atoms with Crippen LogP contribution in [0.4, 0.5) is 0 Å². The van der Waals surface area contributed by atoms with Gasteiger partial charge in [-0.2, -0.15) is 0 Å². The number of carbonyl (C=O) groups is 2. The Balaban J connectivity index is 1.48. The van der Waals surface area contributed by atoms with Gasteiger partial charge in [-0.15, -0.1) is 0 Å². The highest BCUT2D eigenvalue weighted by atomic mass is 16.6. The first kappa shape index (κ1) is 38.2. The molecule has 2 fully saturated rings. The lowest BCUT2D eigenvalue weighted by Crippen LogP contribution is -2.47. The van der Waals surface area contributed by atoms with Crippen LogP contribution in [0.15, 0.2) is 24.3 Å². The second-order valence-electron chi connectivity index (χ2n) is 17.0. The standard InChI is InChI=1S/C44H64O6/c1-9-11-13-15-30-23-36(45)40(33-21-28(5)17-19-32(33)27(3)4)37(24-30)48-42(46)43(47)49-38-25-31(16-14-12-10-2)26-39-41(38)34-22-29(6)18-20-35(34)44(7,8)50-39/h23-29,32-35,45H,9-22H2,1-8H3/t28-,29+,32+,33-,34-,35-/m1/s1. The Labute approximate surface area is 302 Å². The zero-order valence-electron chi connectivity index (χ0n) is 32.2. The molecule has 1 N–H and O–H groups in total. The fraction of sp³-hybridized carbons (Fsp3) is 0.682. The number of benzene rings is 2. The smallest absolute Gasteiger partial charge is 0.423 e. The van der Waals surface area contributed by atoms with E-state index in [0.29, 0.717) is 40.7 Å². The fourth-order valence-corrected chi connectivity index (χ4v) is 9.47. The van der Waals surface area contributed by atoms with Gasteiger partial charge in [0.15, 0.2) is 0 Å². The predicted octanol–water partition coefficient (Wildman–Crippen LogP) is 11.2. The highest BCUT2D eigenvalue weighted by Crippen LogP contribution is 2.56. The van der Waals surface area contributed by atoms with Gasteiger partial charge < -0.3 is 19.3 Å². The third-order valence-electron chi connectivity index (χ3n) is 12.2. The van der Waals surface area contributed by atoms with Gasteiger partial charge in [-0.25, -0.2) is 9.59 Å². The van der Waals surface area contributed by atoms with E-state index in [-0.39, 0.29) is 29.1 Å². The topological polar surface area (TPSA) is 82.1 Å². The molecular formula is C44H64O6.